The quantitative estimate of drug-likeness (QED) is 0.361. The van der Waals surface area contributed by atoms with E-state index in [1.165, 1.54) is 14.2 Å². The summed E-state index contributed by atoms with van der Waals surface area (Å²) in [5, 5.41) is 2.90. The molecule has 1 N–H and O–H groups in total. The van der Waals surface area contributed by atoms with Crippen molar-refractivity contribution in [3.8, 4) is 0 Å². The number of carbonyl (C=O) groups is 2. The van der Waals surface area contributed by atoms with Crippen LogP contribution in [0.1, 0.15) is 0 Å². The van der Waals surface area contributed by atoms with Gasteiger partial charge in [-0.3, -0.25) is 0 Å². The van der Waals surface area contributed by atoms with Crippen molar-refractivity contribution in [3.05, 3.63) is 48.7 Å². The number of thioether (sulfide) groups is 1. The van der Waals surface area contributed by atoms with E-state index in [2.05, 4.69) is 21.4 Å². The van der Waals surface area contributed by atoms with E-state index in [-0.39, 0.29) is 5.70 Å². The molecule has 0 bridgehead atoms. The second kappa shape index (κ2) is 8.86. The molecule has 1 aromatic carbocycles. The first-order chi connectivity index (χ1) is 10.1. The smallest absolute Gasteiger partial charge is 0.354 e. The fourth-order valence-corrected chi connectivity index (χ4v) is 2.17. The number of methoxy groups -OCH3 is 2. The molecule has 112 valence electrons. The Morgan fingerprint density at radius 2 is 2.00 bits per heavy atom. The number of para-hydroxylation sites is 1. The molecule has 0 aliphatic heterocycles. The summed E-state index contributed by atoms with van der Waals surface area (Å²) in [7, 11) is 2.48. The monoisotopic (exact) mass is 307 g/mol. The largest absolute Gasteiger partial charge is 0.466 e. The van der Waals surface area contributed by atoms with Crippen LogP contribution >= 0.6 is 11.8 Å². The fourth-order valence-electron chi connectivity index (χ4n) is 1.42. The Balaban J connectivity index is 3.03. The van der Waals surface area contributed by atoms with Gasteiger partial charge in [0.25, 0.3) is 0 Å². The molecule has 5 nitrogen and oxygen atoms in total. The molecule has 1 rings (SSSR count). The van der Waals surface area contributed by atoms with E-state index in [0.29, 0.717) is 5.69 Å². The van der Waals surface area contributed by atoms with Gasteiger partial charge in [-0.05, 0) is 12.1 Å². The normalized spacial score (nSPS) is 10.7. The van der Waals surface area contributed by atoms with E-state index in [9.17, 15) is 9.59 Å². The number of carbonyl (C=O) groups excluding carboxylic acids is 2. The second-order valence-corrected chi connectivity index (χ2v) is 4.86. The molecule has 6 heteroatoms. The van der Waals surface area contributed by atoms with Crippen molar-refractivity contribution in [1.82, 2.24) is 0 Å². The lowest BCUT2D eigenvalue weighted by Crippen LogP contribution is -2.15. The number of esters is 2. The van der Waals surface area contributed by atoms with Gasteiger partial charge in [0, 0.05) is 10.6 Å². The zero-order valence-corrected chi connectivity index (χ0v) is 12.7. The predicted molar refractivity (Wildman–Crippen MR) is 83.1 cm³/mol. The minimum absolute atomic E-state index is 0.0102. The van der Waals surface area contributed by atoms with Crippen molar-refractivity contribution >= 4 is 29.4 Å². The van der Waals surface area contributed by atoms with Crippen LogP contribution in [0.2, 0.25) is 0 Å². The molecule has 0 heterocycles. The number of benzene rings is 1. The summed E-state index contributed by atoms with van der Waals surface area (Å²) < 4.78 is 9.18. The van der Waals surface area contributed by atoms with Crippen LogP contribution < -0.4 is 5.32 Å². The van der Waals surface area contributed by atoms with Gasteiger partial charge >= 0.3 is 11.9 Å². The summed E-state index contributed by atoms with van der Waals surface area (Å²) in [4.78, 5) is 24.0. The molecular formula is C15H17NO4S. The van der Waals surface area contributed by atoms with Crippen LogP contribution in [0.15, 0.2) is 53.6 Å². The third-order valence-electron chi connectivity index (χ3n) is 2.38. The molecule has 0 aliphatic carbocycles. The molecule has 0 fully saturated rings. The van der Waals surface area contributed by atoms with Crippen molar-refractivity contribution in [1.29, 1.82) is 0 Å². The molecule has 0 aliphatic rings. The zero-order chi connectivity index (χ0) is 15.7. The SMILES string of the molecule is C=CCSc1ccccc1N/C(=C/C(=O)OC)C(=O)OC. The average Bonchev–Trinajstić information content (AvgIpc) is 2.52. The van der Waals surface area contributed by atoms with Gasteiger partial charge in [0.1, 0.15) is 5.70 Å². The molecule has 0 saturated heterocycles. The highest BCUT2D eigenvalue weighted by Crippen LogP contribution is 2.28. The number of nitrogens with one attached hydrogen (secondary N) is 1. The van der Waals surface area contributed by atoms with Crippen LogP contribution in [0.4, 0.5) is 5.69 Å². The number of ether oxygens (including phenoxy) is 2. The molecule has 21 heavy (non-hydrogen) atoms. The number of hydrogen-bond donors (Lipinski definition) is 1. The van der Waals surface area contributed by atoms with E-state index in [1.807, 2.05) is 18.2 Å². The lowest BCUT2D eigenvalue weighted by atomic mass is 10.3. The van der Waals surface area contributed by atoms with E-state index < -0.39 is 11.9 Å². The lowest BCUT2D eigenvalue weighted by Gasteiger charge is -2.12. The van der Waals surface area contributed by atoms with Crippen LogP contribution in [0.5, 0.6) is 0 Å². The summed E-state index contributed by atoms with van der Waals surface area (Å²) >= 11 is 1.56. The van der Waals surface area contributed by atoms with E-state index in [1.54, 1.807) is 23.9 Å². The van der Waals surface area contributed by atoms with Gasteiger partial charge in [-0.1, -0.05) is 18.2 Å². The van der Waals surface area contributed by atoms with Crippen LogP contribution in [-0.2, 0) is 19.1 Å². The maximum atomic E-state index is 11.7. The molecular weight excluding hydrogens is 290 g/mol. The Morgan fingerprint density at radius 3 is 2.62 bits per heavy atom. The average molecular weight is 307 g/mol. The number of hydrogen-bond acceptors (Lipinski definition) is 6. The Morgan fingerprint density at radius 1 is 1.29 bits per heavy atom. The van der Waals surface area contributed by atoms with Crippen LogP contribution in [0.25, 0.3) is 0 Å². The minimum Gasteiger partial charge on any atom is -0.466 e. The van der Waals surface area contributed by atoms with E-state index >= 15 is 0 Å². The van der Waals surface area contributed by atoms with E-state index in [0.717, 1.165) is 16.7 Å². The molecule has 0 aromatic heterocycles. The van der Waals surface area contributed by atoms with Crippen molar-refractivity contribution in [2.75, 3.05) is 25.3 Å². The van der Waals surface area contributed by atoms with Crippen molar-refractivity contribution < 1.29 is 19.1 Å². The van der Waals surface area contributed by atoms with Crippen molar-refractivity contribution in [3.63, 3.8) is 0 Å². The van der Waals surface area contributed by atoms with Gasteiger partial charge in [-0.25, -0.2) is 9.59 Å². The van der Waals surface area contributed by atoms with Gasteiger partial charge in [-0.15, -0.1) is 18.3 Å². The maximum Gasteiger partial charge on any atom is 0.354 e. The summed E-state index contributed by atoms with van der Waals surface area (Å²) in [5.74, 6) is -0.560. The first-order valence-electron chi connectivity index (χ1n) is 6.10. The molecule has 1 aromatic rings. The van der Waals surface area contributed by atoms with Crippen molar-refractivity contribution in [2.24, 2.45) is 0 Å². The first kappa shape index (κ1) is 16.8. The molecule has 0 unspecified atom stereocenters. The molecule has 0 radical (unpaired) electrons. The van der Waals surface area contributed by atoms with Crippen molar-refractivity contribution in [2.45, 2.75) is 4.90 Å². The Hall–Kier alpha value is -2.21. The molecule has 0 amide bonds. The highest BCUT2D eigenvalue weighted by molar-refractivity contribution is 7.99. The highest BCUT2D eigenvalue weighted by Gasteiger charge is 2.14. The minimum atomic E-state index is -0.649. The van der Waals surface area contributed by atoms with Gasteiger partial charge in [0.05, 0.1) is 26.0 Å². The Labute approximate surface area is 128 Å². The van der Waals surface area contributed by atoms with Gasteiger partial charge in [-0.2, -0.15) is 0 Å². The third kappa shape index (κ3) is 5.35. The van der Waals surface area contributed by atoms with Crippen LogP contribution in [-0.4, -0.2) is 31.9 Å². The Bertz CT molecular complexity index is 554. The van der Waals surface area contributed by atoms with Crippen LogP contribution in [0, 0.1) is 0 Å². The highest BCUT2D eigenvalue weighted by atomic mass is 32.2. The molecule has 0 atom stereocenters. The summed E-state index contributed by atoms with van der Waals surface area (Å²) in [5.41, 5.74) is 0.709. The van der Waals surface area contributed by atoms with E-state index in [4.69, 9.17) is 0 Å². The van der Waals surface area contributed by atoms with Gasteiger partial charge < -0.3 is 14.8 Å². The van der Waals surface area contributed by atoms with Crippen LogP contribution in [0.3, 0.4) is 0 Å². The molecule has 0 saturated carbocycles. The topological polar surface area (TPSA) is 64.6 Å². The standard InChI is InChI=1S/C15H17NO4S/c1-4-9-21-13-8-6-5-7-11(13)16-12(15(18)20-3)10-14(17)19-2/h4-8,10,16H,1,9H2,2-3H3/b12-10+. The zero-order valence-electron chi connectivity index (χ0n) is 11.9. The predicted octanol–water partition coefficient (Wildman–Crippen LogP) is 2.61. The third-order valence-corrected chi connectivity index (χ3v) is 3.45. The maximum absolute atomic E-state index is 11.7. The summed E-state index contributed by atoms with van der Waals surface area (Å²) in [6.07, 6.45) is 2.84. The van der Waals surface area contributed by atoms with Gasteiger partial charge in [0.2, 0.25) is 0 Å². The van der Waals surface area contributed by atoms with Gasteiger partial charge in [0.15, 0.2) is 0 Å². The first-order valence-corrected chi connectivity index (χ1v) is 7.08. The summed E-state index contributed by atoms with van der Waals surface area (Å²) in [6, 6.07) is 7.43. The number of anilines is 1. The Kier molecular flexibility index (Phi) is 7.11. The second-order valence-electron chi connectivity index (χ2n) is 3.79. The number of rotatable bonds is 7. The lowest BCUT2D eigenvalue weighted by molar-refractivity contribution is -0.138. The molecule has 0 spiro atoms. The fraction of sp³-hybridized carbons (Fsp3) is 0.200. The summed E-state index contributed by atoms with van der Waals surface area (Å²) in [6.45, 7) is 3.67.